The number of aromatic nitrogens is 4. The van der Waals surface area contributed by atoms with Crippen LogP contribution in [0.3, 0.4) is 0 Å². The van der Waals surface area contributed by atoms with Crippen LogP contribution in [-0.4, -0.2) is 26.3 Å². The number of amides is 1. The molecule has 0 aliphatic heterocycles. The lowest BCUT2D eigenvalue weighted by Crippen LogP contribution is -2.25. The Labute approximate surface area is 137 Å². The van der Waals surface area contributed by atoms with E-state index in [4.69, 9.17) is 4.74 Å². The summed E-state index contributed by atoms with van der Waals surface area (Å²) in [6.07, 6.45) is -0.590. The van der Waals surface area contributed by atoms with E-state index in [1.165, 1.54) is 16.8 Å². The summed E-state index contributed by atoms with van der Waals surface area (Å²) in [4.78, 5) is 11.7. The van der Waals surface area contributed by atoms with Gasteiger partial charge in [0, 0.05) is 0 Å². The highest BCUT2D eigenvalue weighted by Crippen LogP contribution is 2.09. The molecule has 8 heteroatoms. The fourth-order valence-corrected chi connectivity index (χ4v) is 2.05. The number of hydrogen-bond acceptors (Lipinski definition) is 5. The summed E-state index contributed by atoms with van der Waals surface area (Å²) in [6, 6.07) is 15.2. The average Bonchev–Trinajstić information content (AvgIpc) is 3.08. The Morgan fingerprint density at radius 1 is 1.17 bits per heavy atom. The van der Waals surface area contributed by atoms with Crippen LogP contribution in [-0.2, 0) is 17.9 Å². The predicted octanol–water partition coefficient (Wildman–Crippen LogP) is 2.23. The van der Waals surface area contributed by atoms with Crippen molar-refractivity contribution in [3.63, 3.8) is 0 Å². The zero-order valence-electron chi connectivity index (χ0n) is 12.6. The number of tetrazole rings is 1. The molecule has 2 aromatic carbocycles. The Morgan fingerprint density at radius 3 is 2.79 bits per heavy atom. The first-order valence-electron chi connectivity index (χ1n) is 7.20. The smallest absolute Gasteiger partial charge is 0.407 e. The SMILES string of the molecule is O=C(NCc1nnnn1-c1cccc(F)c1)OCc1ccccc1. The molecular weight excluding hydrogens is 313 g/mol. The maximum absolute atomic E-state index is 13.3. The van der Waals surface area contributed by atoms with Crippen molar-refractivity contribution in [1.82, 2.24) is 25.5 Å². The van der Waals surface area contributed by atoms with Crippen molar-refractivity contribution in [2.45, 2.75) is 13.2 Å². The minimum Gasteiger partial charge on any atom is -0.445 e. The van der Waals surface area contributed by atoms with E-state index in [1.807, 2.05) is 30.3 Å². The predicted molar refractivity (Wildman–Crippen MR) is 82.6 cm³/mol. The fourth-order valence-electron chi connectivity index (χ4n) is 2.05. The number of carbonyl (C=O) groups is 1. The molecule has 1 aromatic heterocycles. The Balaban J connectivity index is 1.57. The summed E-state index contributed by atoms with van der Waals surface area (Å²) in [5, 5.41) is 13.7. The summed E-state index contributed by atoms with van der Waals surface area (Å²) < 4.78 is 19.7. The van der Waals surface area contributed by atoms with E-state index in [2.05, 4.69) is 20.8 Å². The number of nitrogens with one attached hydrogen (secondary N) is 1. The molecule has 3 aromatic rings. The molecule has 7 nitrogen and oxygen atoms in total. The normalized spacial score (nSPS) is 10.4. The van der Waals surface area contributed by atoms with Crippen LogP contribution in [0.4, 0.5) is 9.18 Å². The molecule has 1 amide bonds. The maximum Gasteiger partial charge on any atom is 0.407 e. The molecule has 0 unspecified atom stereocenters. The second kappa shape index (κ2) is 7.32. The minimum atomic E-state index is -0.590. The quantitative estimate of drug-likeness (QED) is 0.777. The highest BCUT2D eigenvalue weighted by atomic mass is 19.1. The number of nitrogens with zero attached hydrogens (tertiary/aromatic N) is 4. The van der Waals surface area contributed by atoms with Gasteiger partial charge < -0.3 is 10.1 Å². The molecule has 0 saturated carbocycles. The summed E-state index contributed by atoms with van der Waals surface area (Å²) >= 11 is 0. The van der Waals surface area contributed by atoms with Gasteiger partial charge in [-0.2, -0.15) is 4.68 Å². The molecule has 1 N–H and O–H groups in total. The molecule has 0 aliphatic rings. The molecule has 24 heavy (non-hydrogen) atoms. The summed E-state index contributed by atoms with van der Waals surface area (Å²) in [6.45, 7) is 0.221. The Kier molecular flexibility index (Phi) is 4.76. The van der Waals surface area contributed by atoms with Gasteiger partial charge in [-0.3, -0.25) is 0 Å². The van der Waals surface area contributed by atoms with Gasteiger partial charge in [-0.05, 0) is 34.2 Å². The number of carbonyl (C=O) groups excluding carboxylic acids is 1. The van der Waals surface area contributed by atoms with Crippen molar-refractivity contribution >= 4 is 6.09 Å². The fraction of sp³-hybridized carbons (Fsp3) is 0.125. The van der Waals surface area contributed by atoms with Gasteiger partial charge in [-0.1, -0.05) is 36.4 Å². The molecule has 0 aliphatic carbocycles. The van der Waals surface area contributed by atoms with Crippen LogP contribution in [0.2, 0.25) is 0 Å². The van der Waals surface area contributed by atoms with Crippen molar-refractivity contribution in [1.29, 1.82) is 0 Å². The summed E-state index contributed by atoms with van der Waals surface area (Å²) in [5.41, 5.74) is 1.35. The monoisotopic (exact) mass is 327 g/mol. The molecule has 0 atom stereocenters. The maximum atomic E-state index is 13.3. The third-order valence-electron chi connectivity index (χ3n) is 3.19. The third-order valence-corrected chi connectivity index (χ3v) is 3.19. The number of rotatable bonds is 5. The van der Waals surface area contributed by atoms with E-state index < -0.39 is 11.9 Å². The average molecular weight is 327 g/mol. The van der Waals surface area contributed by atoms with Crippen molar-refractivity contribution in [3.8, 4) is 5.69 Å². The summed E-state index contributed by atoms with van der Waals surface area (Å²) in [7, 11) is 0. The first-order valence-corrected chi connectivity index (χ1v) is 7.20. The highest BCUT2D eigenvalue weighted by molar-refractivity contribution is 5.67. The van der Waals surface area contributed by atoms with Gasteiger partial charge in [0.25, 0.3) is 0 Å². The summed E-state index contributed by atoms with van der Waals surface area (Å²) in [5.74, 6) is -0.0403. The molecule has 1 heterocycles. The standard InChI is InChI=1S/C16H14FN5O2/c17-13-7-4-8-14(9-13)22-15(19-20-21-22)10-18-16(23)24-11-12-5-2-1-3-6-12/h1-9H,10-11H2,(H,18,23). The van der Waals surface area contributed by atoms with Gasteiger partial charge in [0.05, 0.1) is 12.2 Å². The van der Waals surface area contributed by atoms with E-state index in [0.29, 0.717) is 11.5 Å². The van der Waals surface area contributed by atoms with Crippen molar-refractivity contribution < 1.29 is 13.9 Å². The van der Waals surface area contributed by atoms with E-state index in [9.17, 15) is 9.18 Å². The first-order chi connectivity index (χ1) is 11.7. The number of alkyl carbamates (subject to hydrolysis) is 1. The molecular formula is C16H14FN5O2. The molecule has 3 rings (SSSR count). The molecule has 0 saturated heterocycles. The van der Waals surface area contributed by atoms with E-state index >= 15 is 0 Å². The van der Waals surface area contributed by atoms with Crippen LogP contribution in [0.15, 0.2) is 54.6 Å². The van der Waals surface area contributed by atoms with Crippen molar-refractivity contribution in [2.24, 2.45) is 0 Å². The number of ether oxygens (including phenoxy) is 1. The van der Waals surface area contributed by atoms with Gasteiger partial charge in [-0.15, -0.1) is 5.10 Å². The first kappa shape index (κ1) is 15.6. The van der Waals surface area contributed by atoms with Crippen LogP contribution >= 0.6 is 0 Å². The van der Waals surface area contributed by atoms with E-state index in [0.717, 1.165) is 5.56 Å². The van der Waals surface area contributed by atoms with Gasteiger partial charge in [0.1, 0.15) is 12.4 Å². The number of benzene rings is 2. The molecule has 0 radical (unpaired) electrons. The largest absolute Gasteiger partial charge is 0.445 e. The topological polar surface area (TPSA) is 81.9 Å². The van der Waals surface area contributed by atoms with Crippen molar-refractivity contribution in [3.05, 3.63) is 71.8 Å². The number of halogens is 1. The molecule has 0 fully saturated rings. The molecule has 0 spiro atoms. The Bertz CT molecular complexity index is 822. The molecule has 122 valence electrons. The second-order valence-electron chi connectivity index (χ2n) is 4.90. The van der Waals surface area contributed by atoms with Crippen LogP contribution < -0.4 is 5.32 Å². The van der Waals surface area contributed by atoms with Crippen LogP contribution in [0.1, 0.15) is 11.4 Å². The van der Waals surface area contributed by atoms with E-state index in [-0.39, 0.29) is 13.2 Å². The van der Waals surface area contributed by atoms with Gasteiger partial charge in [0.2, 0.25) is 0 Å². The zero-order valence-corrected chi connectivity index (χ0v) is 12.6. The Morgan fingerprint density at radius 2 is 2.00 bits per heavy atom. The zero-order chi connectivity index (χ0) is 16.8. The lowest BCUT2D eigenvalue weighted by atomic mass is 10.2. The lowest BCUT2D eigenvalue weighted by Gasteiger charge is -2.07. The minimum absolute atomic E-state index is 0.0527. The highest BCUT2D eigenvalue weighted by Gasteiger charge is 2.11. The van der Waals surface area contributed by atoms with E-state index in [1.54, 1.807) is 12.1 Å². The third kappa shape index (κ3) is 3.92. The van der Waals surface area contributed by atoms with Crippen molar-refractivity contribution in [2.75, 3.05) is 0 Å². The Hall–Kier alpha value is -3.29. The van der Waals surface area contributed by atoms with Crippen LogP contribution in [0.25, 0.3) is 5.69 Å². The molecule has 0 bridgehead atoms. The second-order valence-corrected chi connectivity index (χ2v) is 4.90. The van der Waals surface area contributed by atoms with Crippen LogP contribution in [0.5, 0.6) is 0 Å². The van der Waals surface area contributed by atoms with Gasteiger partial charge in [-0.25, -0.2) is 9.18 Å². The number of hydrogen-bond donors (Lipinski definition) is 1. The van der Waals surface area contributed by atoms with Crippen LogP contribution in [0, 0.1) is 5.82 Å². The van der Waals surface area contributed by atoms with Gasteiger partial charge in [0.15, 0.2) is 5.82 Å². The van der Waals surface area contributed by atoms with Gasteiger partial charge >= 0.3 is 6.09 Å². The lowest BCUT2D eigenvalue weighted by molar-refractivity contribution is 0.139.